The predicted molar refractivity (Wildman–Crippen MR) is 119 cm³/mol. The molecule has 0 atom stereocenters. The lowest BCUT2D eigenvalue weighted by Crippen LogP contribution is -2.50. The summed E-state index contributed by atoms with van der Waals surface area (Å²) in [6.45, 7) is 2.12. The smallest absolute Gasteiger partial charge is 0.279 e. The minimum absolute atomic E-state index is 0.0104. The topological polar surface area (TPSA) is 127 Å². The van der Waals surface area contributed by atoms with Crippen LogP contribution in [0, 0.1) is 0 Å². The molecule has 3 heterocycles. The molecule has 1 aliphatic heterocycles. The van der Waals surface area contributed by atoms with Crippen molar-refractivity contribution in [1.29, 1.82) is 0 Å². The number of carbonyl (C=O) groups is 2. The number of nitrogens with one attached hydrogen (secondary N) is 1. The molecular weight excluding hydrogens is 410 g/mol. The molecule has 4 rings (SSSR count). The van der Waals surface area contributed by atoms with Crippen molar-refractivity contribution in [3.05, 3.63) is 66.6 Å². The zero-order chi connectivity index (χ0) is 22.3. The number of nitrogens with zero attached hydrogens (tertiary/aromatic N) is 5. The van der Waals surface area contributed by atoms with E-state index in [0.29, 0.717) is 43.6 Å². The van der Waals surface area contributed by atoms with Crippen LogP contribution in [-0.2, 0) is 4.79 Å². The first kappa shape index (κ1) is 21.0. The standard InChI is InChI=1S/C22H23N7O3/c23-21-20(22(31)26-17-8-4-5-9-24-17)27-18(14-25-21)28-10-12-29(13-11-28)19(30)15-32-16-6-2-1-3-7-16/h1-9,14H,10-13,15H2,(H2,23,25)(H,24,26,31). The maximum atomic E-state index is 12.6. The summed E-state index contributed by atoms with van der Waals surface area (Å²) in [5.74, 6) is 1.06. The molecule has 0 unspecified atom stereocenters. The van der Waals surface area contributed by atoms with Crippen LogP contribution in [0.2, 0.25) is 0 Å². The number of para-hydroxylation sites is 1. The lowest BCUT2D eigenvalue weighted by atomic mass is 10.3. The highest BCUT2D eigenvalue weighted by Gasteiger charge is 2.24. The van der Waals surface area contributed by atoms with E-state index in [2.05, 4.69) is 20.3 Å². The number of benzene rings is 1. The van der Waals surface area contributed by atoms with E-state index in [1.807, 2.05) is 35.2 Å². The van der Waals surface area contributed by atoms with Crippen LogP contribution in [0.15, 0.2) is 60.9 Å². The van der Waals surface area contributed by atoms with Gasteiger partial charge < -0.3 is 25.6 Å². The summed E-state index contributed by atoms with van der Waals surface area (Å²) < 4.78 is 5.55. The molecule has 0 saturated carbocycles. The van der Waals surface area contributed by atoms with Crippen molar-refractivity contribution in [2.45, 2.75) is 0 Å². The number of anilines is 3. The minimum atomic E-state index is -0.484. The van der Waals surface area contributed by atoms with E-state index in [1.54, 1.807) is 29.3 Å². The molecule has 1 aliphatic rings. The van der Waals surface area contributed by atoms with Crippen molar-refractivity contribution in [2.75, 3.05) is 48.7 Å². The van der Waals surface area contributed by atoms with Crippen molar-refractivity contribution in [2.24, 2.45) is 0 Å². The number of piperazine rings is 1. The summed E-state index contributed by atoms with van der Waals surface area (Å²) in [6, 6.07) is 14.4. The fourth-order valence-electron chi connectivity index (χ4n) is 3.26. The van der Waals surface area contributed by atoms with Crippen molar-refractivity contribution in [3.8, 4) is 5.75 Å². The molecule has 0 aliphatic carbocycles. The van der Waals surface area contributed by atoms with Gasteiger partial charge in [0, 0.05) is 32.4 Å². The fourth-order valence-corrected chi connectivity index (χ4v) is 3.26. The summed E-state index contributed by atoms with van der Waals surface area (Å²) in [7, 11) is 0. The molecular formula is C22H23N7O3. The number of pyridine rings is 1. The van der Waals surface area contributed by atoms with Crippen LogP contribution in [0.4, 0.5) is 17.5 Å². The maximum Gasteiger partial charge on any atom is 0.279 e. The van der Waals surface area contributed by atoms with Crippen LogP contribution in [0.3, 0.4) is 0 Å². The maximum absolute atomic E-state index is 12.6. The van der Waals surface area contributed by atoms with E-state index in [4.69, 9.17) is 10.5 Å². The number of hydrogen-bond donors (Lipinski definition) is 2. The number of amides is 2. The second-order valence-electron chi connectivity index (χ2n) is 7.10. The Bertz CT molecular complexity index is 1070. The Labute approximate surface area is 185 Å². The third-order valence-electron chi connectivity index (χ3n) is 4.97. The highest BCUT2D eigenvalue weighted by molar-refractivity contribution is 6.05. The van der Waals surface area contributed by atoms with Crippen LogP contribution in [0.1, 0.15) is 10.5 Å². The van der Waals surface area contributed by atoms with Crippen LogP contribution >= 0.6 is 0 Å². The van der Waals surface area contributed by atoms with Gasteiger partial charge in [-0.05, 0) is 24.3 Å². The van der Waals surface area contributed by atoms with Gasteiger partial charge in [0.1, 0.15) is 17.4 Å². The lowest BCUT2D eigenvalue weighted by Gasteiger charge is -2.35. The molecule has 1 aromatic carbocycles. The van der Waals surface area contributed by atoms with Crippen molar-refractivity contribution in [1.82, 2.24) is 19.9 Å². The van der Waals surface area contributed by atoms with Gasteiger partial charge >= 0.3 is 0 Å². The Morgan fingerprint density at radius 1 is 1.00 bits per heavy atom. The van der Waals surface area contributed by atoms with Gasteiger partial charge in [0.15, 0.2) is 18.1 Å². The van der Waals surface area contributed by atoms with Gasteiger partial charge in [0.2, 0.25) is 0 Å². The highest BCUT2D eigenvalue weighted by Crippen LogP contribution is 2.17. The molecule has 2 amide bonds. The number of nitrogen functional groups attached to an aromatic ring is 1. The normalized spacial score (nSPS) is 13.5. The molecule has 10 heteroatoms. The minimum Gasteiger partial charge on any atom is -0.484 e. The molecule has 0 bridgehead atoms. The van der Waals surface area contributed by atoms with Crippen LogP contribution in [0.25, 0.3) is 0 Å². The second-order valence-corrected chi connectivity index (χ2v) is 7.10. The van der Waals surface area contributed by atoms with Gasteiger partial charge in [-0.25, -0.2) is 15.0 Å². The van der Waals surface area contributed by atoms with E-state index in [1.165, 1.54) is 6.20 Å². The predicted octanol–water partition coefficient (Wildman–Crippen LogP) is 1.43. The first-order valence-electron chi connectivity index (χ1n) is 10.2. The van der Waals surface area contributed by atoms with E-state index in [9.17, 15) is 9.59 Å². The second kappa shape index (κ2) is 9.73. The first-order chi connectivity index (χ1) is 15.6. The molecule has 3 N–H and O–H groups in total. The lowest BCUT2D eigenvalue weighted by molar-refractivity contribution is -0.133. The Morgan fingerprint density at radius 3 is 2.47 bits per heavy atom. The van der Waals surface area contributed by atoms with Gasteiger partial charge in [-0.1, -0.05) is 24.3 Å². The average Bonchev–Trinajstić information content (AvgIpc) is 2.84. The Balaban J connectivity index is 1.34. The van der Waals surface area contributed by atoms with E-state index in [0.717, 1.165) is 0 Å². The number of carbonyl (C=O) groups excluding carboxylic acids is 2. The average molecular weight is 433 g/mol. The van der Waals surface area contributed by atoms with Gasteiger partial charge in [-0.3, -0.25) is 9.59 Å². The summed E-state index contributed by atoms with van der Waals surface area (Å²) >= 11 is 0. The molecule has 2 aromatic heterocycles. The van der Waals surface area contributed by atoms with Crippen LogP contribution in [0.5, 0.6) is 5.75 Å². The number of nitrogens with two attached hydrogens (primary N) is 1. The SMILES string of the molecule is Nc1ncc(N2CCN(C(=O)COc3ccccc3)CC2)nc1C(=O)Nc1ccccn1. The molecule has 32 heavy (non-hydrogen) atoms. The molecule has 0 radical (unpaired) electrons. The van der Waals surface area contributed by atoms with Gasteiger partial charge in [0.05, 0.1) is 6.20 Å². The summed E-state index contributed by atoms with van der Waals surface area (Å²) in [5.41, 5.74) is 5.91. The van der Waals surface area contributed by atoms with Crippen LogP contribution < -0.4 is 20.7 Å². The molecule has 3 aromatic rings. The molecule has 0 spiro atoms. The monoisotopic (exact) mass is 433 g/mol. The van der Waals surface area contributed by atoms with Gasteiger partial charge in [0.25, 0.3) is 11.8 Å². The van der Waals surface area contributed by atoms with Crippen LogP contribution in [-0.4, -0.2) is 64.5 Å². The number of hydrogen-bond acceptors (Lipinski definition) is 8. The molecule has 1 saturated heterocycles. The van der Waals surface area contributed by atoms with Crippen molar-refractivity contribution >= 4 is 29.3 Å². The summed E-state index contributed by atoms with van der Waals surface area (Å²) in [5, 5.41) is 2.66. The molecule has 1 fully saturated rings. The number of aromatic nitrogens is 3. The third kappa shape index (κ3) is 5.09. The zero-order valence-electron chi connectivity index (χ0n) is 17.3. The number of rotatable bonds is 6. The highest BCUT2D eigenvalue weighted by atomic mass is 16.5. The Hall–Kier alpha value is -4.21. The first-order valence-corrected chi connectivity index (χ1v) is 10.2. The van der Waals surface area contributed by atoms with Gasteiger partial charge in [-0.15, -0.1) is 0 Å². The summed E-state index contributed by atoms with van der Waals surface area (Å²) in [4.78, 5) is 41.4. The van der Waals surface area contributed by atoms with E-state index < -0.39 is 5.91 Å². The zero-order valence-corrected chi connectivity index (χ0v) is 17.3. The molecule has 164 valence electrons. The third-order valence-corrected chi connectivity index (χ3v) is 4.97. The fraction of sp³-hybridized carbons (Fsp3) is 0.227. The number of ether oxygens (including phenoxy) is 1. The summed E-state index contributed by atoms with van der Waals surface area (Å²) in [6.07, 6.45) is 3.11. The van der Waals surface area contributed by atoms with E-state index >= 15 is 0 Å². The quantitative estimate of drug-likeness (QED) is 0.598. The largest absolute Gasteiger partial charge is 0.484 e. The van der Waals surface area contributed by atoms with Crippen molar-refractivity contribution in [3.63, 3.8) is 0 Å². The van der Waals surface area contributed by atoms with Gasteiger partial charge in [-0.2, -0.15) is 0 Å². The van der Waals surface area contributed by atoms with Crippen molar-refractivity contribution < 1.29 is 14.3 Å². The Morgan fingerprint density at radius 2 is 1.75 bits per heavy atom. The molecule has 10 nitrogen and oxygen atoms in total. The Kier molecular flexibility index (Phi) is 6.40. The van der Waals surface area contributed by atoms with E-state index in [-0.39, 0.29) is 24.0 Å².